The molecule has 1 aromatic rings. The second kappa shape index (κ2) is 4.26. The van der Waals surface area contributed by atoms with Gasteiger partial charge in [0, 0.05) is 16.6 Å². The zero-order chi connectivity index (χ0) is 10.9. The van der Waals surface area contributed by atoms with Crippen LogP contribution in [0.3, 0.4) is 0 Å². The molecule has 14 heavy (non-hydrogen) atoms. The van der Waals surface area contributed by atoms with Crippen LogP contribution in [0.2, 0.25) is 5.02 Å². The van der Waals surface area contributed by atoms with Gasteiger partial charge in [-0.05, 0) is 31.5 Å². The predicted octanol–water partition coefficient (Wildman–Crippen LogP) is 2.17. The molecular weight excluding hydrogens is 205 g/mol. The average molecular weight is 218 g/mol. The predicted molar refractivity (Wildman–Crippen MR) is 54.8 cm³/mol. The summed E-state index contributed by atoms with van der Waals surface area (Å²) >= 11 is 5.82. The lowest BCUT2D eigenvalue weighted by Gasteiger charge is -2.16. The van der Waals surface area contributed by atoms with Crippen molar-refractivity contribution in [1.82, 2.24) is 0 Å². The van der Waals surface area contributed by atoms with Gasteiger partial charge >= 0.3 is 0 Å². The number of aliphatic hydroxyl groups excluding tert-OH is 1. The molecule has 0 heterocycles. The van der Waals surface area contributed by atoms with Gasteiger partial charge in [0.1, 0.15) is 5.82 Å². The molecule has 4 heteroatoms. The summed E-state index contributed by atoms with van der Waals surface area (Å²) < 4.78 is 13.4. The molecule has 1 aromatic carbocycles. The van der Waals surface area contributed by atoms with E-state index in [0.717, 1.165) is 0 Å². The Labute approximate surface area is 87.5 Å². The smallest absolute Gasteiger partial charge is 0.129 e. The highest BCUT2D eigenvalue weighted by molar-refractivity contribution is 6.31. The summed E-state index contributed by atoms with van der Waals surface area (Å²) in [5.41, 5.74) is 6.26. The third-order valence-corrected chi connectivity index (χ3v) is 2.50. The topological polar surface area (TPSA) is 46.2 Å². The highest BCUT2D eigenvalue weighted by Gasteiger charge is 2.17. The molecule has 0 saturated heterocycles. The van der Waals surface area contributed by atoms with Crippen LogP contribution in [0.25, 0.3) is 0 Å². The van der Waals surface area contributed by atoms with Crippen molar-refractivity contribution < 1.29 is 9.50 Å². The molecule has 0 radical (unpaired) electrons. The molecule has 0 aliphatic carbocycles. The average Bonchev–Trinajstić information content (AvgIpc) is 2.10. The first-order valence-electron chi connectivity index (χ1n) is 4.32. The van der Waals surface area contributed by atoms with Crippen molar-refractivity contribution in [3.63, 3.8) is 0 Å². The minimum Gasteiger partial charge on any atom is -0.387 e. The lowest BCUT2D eigenvalue weighted by Crippen LogP contribution is -2.25. The van der Waals surface area contributed by atoms with Gasteiger partial charge in [-0.3, -0.25) is 0 Å². The summed E-state index contributed by atoms with van der Waals surface area (Å²) in [6, 6.07) is 2.19. The van der Waals surface area contributed by atoms with Crippen molar-refractivity contribution in [2.75, 3.05) is 0 Å². The maximum absolute atomic E-state index is 13.4. The van der Waals surface area contributed by atoms with Crippen molar-refractivity contribution in [3.8, 4) is 0 Å². The first-order valence-corrected chi connectivity index (χ1v) is 4.70. The summed E-state index contributed by atoms with van der Waals surface area (Å²) in [7, 11) is 0. The molecule has 0 aliphatic rings. The zero-order valence-corrected chi connectivity index (χ0v) is 8.85. The molecule has 0 aliphatic heterocycles. The molecule has 2 atom stereocenters. The van der Waals surface area contributed by atoms with Gasteiger partial charge < -0.3 is 10.8 Å². The molecule has 0 aromatic heterocycles. The van der Waals surface area contributed by atoms with E-state index in [4.69, 9.17) is 17.3 Å². The first-order chi connectivity index (χ1) is 6.43. The van der Waals surface area contributed by atoms with Gasteiger partial charge in [0.05, 0.1) is 6.10 Å². The van der Waals surface area contributed by atoms with Crippen molar-refractivity contribution in [2.24, 2.45) is 5.73 Å². The Kier molecular flexibility index (Phi) is 3.48. The van der Waals surface area contributed by atoms with E-state index >= 15 is 0 Å². The van der Waals surface area contributed by atoms with Crippen LogP contribution in [0.15, 0.2) is 12.1 Å². The number of nitrogens with two attached hydrogens (primary N) is 1. The van der Waals surface area contributed by atoms with Crippen molar-refractivity contribution in [2.45, 2.75) is 26.0 Å². The highest BCUT2D eigenvalue weighted by atomic mass is 35.5. The van der Waals surface area contributed by atoms with Gasteiger partial charge in [-0.1, -0.05) is 11.6 Å². The van der Waals surface area contributed by atoms with Gasteiger partial charge in [0.2, 0.25) is 0 Å². The van der Waals surface area contributed by atoms with E-state index in [-0.39, 0.29) is 5.56 Å². The Bertz CT molecular complexity index is 341. The van der Waals surface area contributed by atoms with E-state index in [2.05, 4.69) is 0 Å². The molecule has 1 rings (SSSR count). The van der Waals surface area contributed by atoms with Gasteiger partial charge in [-0.15, -0.1) is 0 Å². The molecule has 3 N–H and O–H groups in total. The minimum atomic E-state index is -1.02. The molecule has 0 amide bonds. The molecule has 78 valence electrons. The number of aryl methyl sites for hydroxylation is 1. The van der Waals surface area contributed by atoms with E-state index in [1.807, 2.05) is 0 Å². The summed E-state index contributed by atoms with van der Waals surface area (Å²) in [6.45, 7) is 3.31. The third kappa shape index (κ3) is 2.23. The Morgan fingerprint density at radius 2 is 2.07 bits per heavy atom. The Morgan fingerprint density at radius 1 is 1.50 bits per heavy atom. The fraction of sp³-hybridized carbons (Fsp3) is 0.400. The number of hydrogen-bond donors (Lipinski definition) is 2. The molecule has 0 spiro atoms. The number of benzene rings is 1. The van der Waals surface area contributed by atoms with Crippen LogP contribution < -0.4 is 5.73 Å². The fourth-order valence-electron chi connectivity index (χ4n) is 1.17. The molecule has 2 nitrogen and oxygen atoms in total. The zero-order valence-electron chi connectivity index (χ0n) is 8.09. The quantitative estimate of drug-likeness (QED) is 0.798. The molecular formula is C10H13ClFNO. The number of aliphatic hydroxyl groups is 1. The van der Waals surface area contributed by atoms with Crippen molar-refractivity contribution in [1.29, 1.82) is 0 Å². The van der Waals surface area contributed by atoms with Crippen molar-refractivity contribution in [3.05, 3.63) is 34.1 Å². The minimum absolute atomic E-state index is 0.149. The number of halogens is 2. The summed E-state index contributed by atoms with van der Waals surface area (Å²) in [4.78, 5) is 0. The van der Waals surface area contributed by atoms with E-state index in [0.29, 0.717) is 10.6 Å². The molecule has 0 bridgehead atoms. The van der Waals surface area contributed by atoms with Gasteiger partial charge in [-0.2, -0.15) is 0 Å². The van der Waals surface area contributed by atoms with E-state index in [9.17, 15) is 9.50 Å². The standard InChI is InChI=1S/C10H13ClFNO/c1-5-3-9(12)7(4-8(5)11)10(14)6(2)13/h3-4,6,10,14H,13H2,1-2H3/t6-,10-/m0/s1. The van der Waals surface area contributed by atoms with E-state index in [1.165, 1.54) is 12.1 Å². The summed E-state index contributed by atoms with van der Waals surface area (Å²) in [6.07, 6.45) is -1.02. The van der Waals surface area contributed by atoms with Crippen LogP contribution in [0.1, 0.15) is 24.2 Å². The Hall–Kier alpha value is -0.640. The summed E-state index contributed by atoms with van der Waals surface area (Å²) in [5, 5.41) is 10.0. The van der Waals surface area contributed by atoms with Crippen LogP contribution in [0.5, 0.6) is 0 Å². The van der Waals surface area contributed by atoms with Crippen LogP contribution >= 0.6 is 11.6 Å². The normalized spacial score (nSPS) is 15.3. The van der Waals surface area contributed by atoms with Crippen molar-refractivity contribution >= 4 is 11.6 Å². The van der Waals surface area contributed by atoms with Gasteiger partial charge in [-0.25, -0.2) is 4.39 Å². The second-order valence-corrected chi connectivity index (χ2v) is 3.83. The fourth-order valence-corrected chi connectivity index (χ4v) is 1.34. The maximum Gasteiger partial charge on any atom is 0.129 e. The second-order valence-electron chi connectivity index (χ2n) is 3.43. The molecule has 0 fully saturated rings. The van der Waals surface area contributed by atoms with Crippen LogP contribution in [-0.2, 0) is 0 Å². The Morgan fingerprint density at radius 3 is 2.57 bits per heavy atom. The SMILES string of the molecule is Cc1cc(F)c([C@@H](O)[C@H](C)N)cc1Cl. The monoisotopic (exact) mass is 217 g/mol. The first kappa shape index (κ1) is 11.4. The number of rotatable bonds is 2. The highest BCUT2D eigenvalue weighted by Crippen LogP contribution is 2.25. The Balaban J connectivity index is 3.15. The van der Waals surface area contributed by atoms with Crippen LogP contribution in [0.4, 0.5) is 4.39 Å². The van der Waals surface area contributed by atoms with Crippen LogP contribution in [0, 0.1) is 12.7 Å². The molecule has 0 saturated carbocycles. The third-order valence-electron chi connectivity index (χ3n) is 2.09. The van der Waals surface area contributed by atoms with Gasteiger partial charge in [0.25, 0.3) is 0 Å². The largest absolute Gasteiger partial charge is 0.387 e. The number of hydrogen-bond acceptors (Lipinski definition) is 2. The van der Waals surface area contributed by atoms with Gasteiger partial charge in [0.15, 0.2) is 0 Å². The maximum atomic E-state index is 13.4. The lowest BCUT2D eigenvalue weighted by atomic mass is 10.0. The molecule has 0 unspecified atom stereocenters. The van der Waals surface area contributed by atoms with E-state index < -0.39 is 18.0 Å². The van der Waals surface area contributed by atoms with Crippen LogP contribution in [-0.4, -0.2) is 11.1 Å². The lowest BCUT2D eigenvalue weighted by molar-refractivity contribution is 0.149. The van der Waals surface area contributed by atoms with E-state index in [1.54, 1.807) is 13.8 Å². The summed E-state index contributed by atoms with van der Waals surface area (Å²) in [5.74, 6) is -0.475.